The fraction of sp³-hybridized carbons (Fsp3) is 0.889. The third-order valence-electron chi connectivity index (χ3n) is 1.68. The zero-order valence-corrected chi connectivity index (χ0v) is 9.97. The Balaban J connectivity index is 4.03. The molecule has 0 bridgehead atoms. The Morgan fingerprint density at radius 3 is 2.50 bits per heavy atom. The van der Waals surface area contributed by atoms with E-state index in [2.05, 4.69) is 5.43 Å². The Morgan fingerprint density at radius 1 is 1.57 bits per heavy atom. The second kappa shape index (κ2) is 6.90. The quantitative estimate of drug-likeness (QED) is 0.573. The van der Waals surface area contributed by atoms with E-state index in [0.29, 0.717) is 6.54 Å². The number of carbonyl (C=O) groups is 1. The lowest BCUT2D eigenvalue weighted by Crippen LogP contribution is -2.42. The zero-order chi connectivity index (χ0) is 11.1. The molecule has 0 saturated carbocycles. The van der Waals surface area contributed by atoms with Gasteiger partial charge in [-0.05, 0) is 6.42 Å². The number of ether oxygens (including phenoxy) is 1. The largest absolute Gasteiger partial charge is 0.428 e. The van der Waals surface area contributed by atoms with Crippen molar-refractivity contribution < 1.29 is 9.53 Å². The van der Waals surface area contributed by atoms with Crippen LogP contribution in [-0.2, 0) is 4.74 Å². The van der Waals surface area contributed by atoms with Crippen LogP contribution in [0.5, 0.6) is 0 Å². The summed E-state index contributed by atoms with van der Waals surface area (Å²) in [6, 6.07) is 0. The minimum atomic E-state index is -0.574. The summed E-state index contributed by atoms with van der Waals surface area (Å²) in [5.41, 5.74) is 2.17. The van der Waals surface area contributed by atoms with Gasteiger partial charge in [0.15, 0.2) is 5.56 Å². The van der Waals surface area contributed by atoms with E-state index in [4.69, 9.17) is 16.3 Å². The number of alkyl halides is 1. The number of nitrogens with zero attached hydrogens (tertiary/aromatic N) is 1. The van der Waals surface area contributed by atoms with E-state index in [1.165, 1.54) is 5.01 Å². The Bertz CT molecular complexity index is 176. The summed E-state index contributed by atoms with van der Waals surface area (Å²) in [5.74, 6) is 0.112. The first-order valence-electron chi connectivity index (χ1n) is 4.82. The molecule has 84 valence electrons. The zero-order valence-electron chi connectivity index (χ0n) is 9.21. The summed E-state index contributed by atoms with van der Waals surface area (Å²) in [5, 5.41) is 1.40. The molecule has 0 spiro atoms. The molecule has 0 aromatic rings. The molecule has 14 heavy (non-hydrogen) atoms. The van der Waals surface area contributed by atoms with Gasteiger partial charge in [-0.1, -0.05) is 32.4 Å². The molecule has 1 amide bonds. The van der Waals surface area contributed by atoms with Gasteiger partial charge < -0.3 is 4.74 Å². The van der Waals surface area contributed by atoms with Gasteiger partial charge in [0.05, 0.1) is 0 Å². The molecule has 0 aliphatic heterocycles. The van der Waals surface area contributed by atoms with E-state index in [9.17, 15) is 4.79 Å². The normalized spacial score (nSPS) is 12.7. The number of hydrogen-bond donors (Lipinski definition) is 1. The van der Waals surface area contributed by atoms with E-state index in [1.807, 2.05) is 20.8 Å². The predicted molar refractivity (Wildman–Crippen MR) is 57.0 cm³/mol. The van der Waals surface area contributed by atoms with Crippen LogP contribution < -0.4 is 5.43 Å². The monoisotopic (exact) mass is 222 g/mol. The lowest BCUT2D eigenvalue weighted by atomic mass is 10.2. The highest BCUT2D eigenvalue weighted by Crippen LogP contribution is 2.12. The number of carbonyl (C=O) groups excluding carboxylic acids is 1. The van der Waals surface area contributed by atoms with Crippen LogP contribution in [0.4, 0.5) is 4.79 Å². The van der Waals surface area contributed by atoms with Crippen molar-refractivity contribution in [3.63, 3.8) is 0 Å². The van der Waals surface area contributed by atoms with Crippen molar-refractivity contribution in [2.24, 2.45) is 5.92 Å². The van der Waals surface area contributed by atoms with E-state index < -0.39 is 11.7 Å². The van der Waals surface area contributed by atoms with Crippen LogP contribution in [0.15, 0.2) is 0 Å². The molecular weight excluding hydrogens is 204 g/mol. The molecule has 0 aliphatic rings. The minimum absolute atomic E-state index is 0.112. The van der Waals surface area contributed by atoms with Crippen molar-refractivity contribution >= 4 is 17.7 Å². The summed E-state index contributed by atoms with van der Waals surface area (Å²) in [6.07, 6.45) is 0.438. The van der Waals surface area contributed by atoms with E-state index in [0.717, 1.165) is 6.42 Å². The van der Waals surface area contributed by atoms with Crippen molar-refractivity contribution in [3.05, 3.63) is 0 Å². The number of nitrogens with one attached hydrogen (secondary N) is 1. The number of hydrogen-bond acceptors (Lipinski definition) is 3. The number of rotatable bonds is 5. The van der Waals surface area contributed by atoms with Gasteiger partial charge in [-0.25, -0.2) is 15.2 Å². The highest BCUT2D eigenvalue weighted by Gasteiger charge is 2.19. The van der Waals surface area contributed by atoms with Crippen LogP contribution in [0, 0.1) is 5.92 Å². The summed E-state index contributed by atoms with van der Waals surface area (Å²) >= 11 is 5.81. The van der Waals surface area contributed by atoms with Crippen molar-refractivity contribution in [2.75, 3.05) is 13.6 Å². The third kappa shape index (κ3) is 4.67. The molecule has 0 rings (SSSR count). The van der Waals surface area contributed by atoms with Crippen molar-refractivity contribution in [1.29, 1.82) is 0 Å². The average molecular weight is 223 g/mol. The molecule has 4 nitrogen and oxygen atoms in total. The first-order chi connectivity index (χ1) is 6.52. The summed E-state index contributed by atoms with van der Waals surface area (Å²) in [7, 11) is 1.68. The molecule has 1 unspecified atom stereocenters. The minimum Gasteiger partial charge on any atom is -0.428 e. The van der Waals surface area contributed by atoms with Crippen LogP contribution in [0.3, 0.4) is 0 Å². The molecule has 1 N–H and O–H groups in total. The van der Waals surface area contributed by atoms with E-state index in [-0.39, 0.29) is 5.92 Å². The maximum Gasteiger partial charge on any atom is 0.425 e. The Hall–Kier alpha value is -0.480. The van der Waals surface area contributed by atoms with Gasteiger partial charge in [0, 0.05) is 19.5 Å². The van der Waals surface area contributed by atoms with Crippen LogP contribution in [0.25, 0.3) is 0 Å². The summed E-state index contributed by atoms with van der Waals surface area (Å²) < 4.78 is 5.01. The van der Waals surface area contributed by atoms with Gasteiger partial charge in [-0.3, -0.25) is 0 Å². The highest BCUT2D eigenvalue weighted by molar-refractivity contribution is 6.20. The second-order valence-electron chi connectivity index (χ2n) is 3.35. The Morgan fingerprint density at radius 2 is 2.14 bits per heavy atom. The van der Waals surface area contributed by atoms with Gasteiger partial charge in [0.2, 0.25) is 0 Å². The lowest BCUT2D eigenvalue weighted by molar-refractivity contribution is 0.0636. The number of amides is 1. The van der Waals surface area contributed by atoms with E-state index in [1.54, 1.807) is 7.05 Å². The molecule has 0 fully saturated rings. The van der Waals surface area contributed by atoms with Gasteiger partial charge in [-0.2, -0.15) is 0 Å². The van der Waals surface area contributed by atoms with Crippen LogP contribution in [0.2, 0.25) is 0 Å². The molecule has 1 atom stereocenters. The molecule has 5 heteroatoms. The molecule has 0 aliphatic carbocycles. The van der Waals surface area contributed by atoms with Gasteiger partial charge in [0.1, 0.15) is 0 Å². The SMILES string of the molecule is CCCN(NC)C(=O)OC(Cl)C(C)C. The lowest BCUT2D eigenvalue weighted by Gasteiger charge is -2.22. The topological polar surface area (TPSA) is 41.6 Å². The van der Waals surface area contributed by atoms with Crippen molar-refractivity contribution in [1.82, 2.24) is 10.4 Å². The maximum atomic E-state index is 11.4. The number of hydrazine groups is 1. The molecule has 0 radical (unpaired) electrons. The Kier molecular flexibility index (Phi) is 6.66. The standard InChI is InChI=1S/C9H19ClN2O2/c1-5-6-12(11-4)9(13)14-8(10)7(2)3/h7-8,11H,5-6H2,1-4H3. The predicted octanol–water partition coefficient (Wildman–Crippen LogP) is 2.19. The van der Waals surface area contributed by atoms with Crippen LogP contribution in [-0.4, -0.2) is 30.3 Å². The first-order valence-corrected chi connectivity index (χ1v) is 5.26. The molecule has 0 heterocycles. The number of halogens is 1. The molecule has 0 aromatic heterocycles. The van der Waals surface area contributed by atoms with Crippen LogP contribution in [0.1, 0.15) is 27.2 Å². The van der Waals surface area contributed by atoms with Crippen molar-refractivity contribution in [3.8, 4) is 0 Å². The molecule has 0 saturated heterocycles. The van der Waals surface area contributed by atoms with Gasteiger partial charge >= 0.3 is 6.09 Å². The van der Waals surface area contributed by atoms with E-state index >= 15 is 0 Å². The highest BCUT2D eigenvalue weighted by atomic mass is 35.5. The Labute approximate surface area is 90.5 Å². The van der Waals surface area contributed by atoms with Crippen molar-refractivity contribution in [2.45, 2.75) is 32.8 Å². The van der Waals surface area contributed by atoms with Gasteiger partial charge in [-0.15, -0.1) is 0 Å². The second-order valence-corrected chi connectivity index (χ2v) is 3.78. The maximum absolute atomic E-state index is 11.4. The molecule has 0 aromatic carbocycles. The average Bonchev–Trinajstić information content (AvgIpc) is 2.13. The fourth-order valence-electron chi connectivity index (χ4n) is 0.814. The van der Waals surface area contributed by atoms with Crippen LogP contribution >= 0.6 is 11.6 Å². The molecular formula is C9H19ClN2O2. The summed E-state index contributed by atoms with van der Waals surface area (Å²) in [6.45, 7) is 6.39. The summed E-state index contributed by atoms with van der Waals surface area (Å²) in [4.78, 5) is 11.4. The first kappa shape index (κ1) is 13.5. The smallest absolute Gasteiger partial charge is 0.425 e. The van der Waals surface area contributed by atoms with Gasteiger partial charge in [0.25, 0.3) is 0 Å². The third-order valence-corrected chi connectivity index (χ3v) is 2.27. The fourth-order valence-corrected chi connectivity index (χ4v) is 0.890.